The lowest BCUT2D eigenvalue weighted by Gasteiger charge is -2.20. The van der Waals surface area contributed by atoms with Gasteiger partial charge in [-0.05, 0) is 49.3 Å². The molecule has 6 heteroatoms. The normalized spacial score (nSPS) is 18.7. The molecule has 0 atom stereocenters. The average Bonchev–Trinajstić information content (AvgIpc) is 3.26. The van der Waals surface area contributed by atoms with Crippen LogP contribution in [0.25, 0.3) is 0 Å². The van der Waals surface area contributed by atoms with Crippen molar-refractivity contribution in [1.82, 2.24) is 0 Å². The molecule has 1 aromatic heterocycles. The number of rotatable bonds is 4. The van der Waals surface area contributed by atoms with Crippen LogP contribution in [0.15, 0.2) is 57.8 Å². The van der Waals surface area contributed by atoms with Crippen LogP contribution >= 0.6 is 23.1 Å². The molecule has 0 bridgehead atoms. The molecule has 140 valence electrons. The minimum absolute atomic E-state index is 0.0127. The maximum atomic E-state index is 12.4. The van der Waals surface area contributed by atoms with Crippen molar-refractivity contribution in [3.05, 3.63) is 52.7 Å². The number of para-hydroxylation sites is 1. The molecule has 1 aromatic carbocycles. The van der Waals surface area contributed by atoms with Gasteiger partial charge in [0, 0.05) is 5.69 Å². The van der Waals surface area contributed by atoms with E-state index >= 15 is 0 Å². The lowest BCUT2D eigenvalue weighted by atomic mass is 10.0. The van der Waals surface area contributed by atoms with Crippen LogP contribution < -0.4 is 5.32 Å². The lowest BCUT2D eigenvalue weighted by molar-refractivity contribution is -0.113. The highest BCUT2D eigenvalue weighted by Crippen LogP contribution is 2.38. The molecule has 1 aliphatic heterocycles. The number of aliphatic imine (C=N–C) groups is 2. The van der Waals surface area contributed by atoms with Gasteiger partial charge in [-0.2, -0.15) is 0 Å². The molecule has 1 fully saturated rings. The third kappa shape index (κ3) is 4.50. The summed E-state index contributed by atoms with van der Waals surface area (Å²) in [5.74, 6) is 0.329. The van der Waals surface area contributed by atoms with Gasteiger partial charge in [-0.15, -0.1) is 11.3 Å². The summed E-state index contributed by atoms with van der Waals surface area (Å²) in [6.45, 7) is 0. The van der Waals surface area contributed by atoms with E-state index in [1.54, 1.807) is 11.3 Å². The van der Waals surface area contributed by atoms with Gasteiger partial charge in [0.05, 0.1) is 10.6 Å². The molecule has 0 unspecified atom stereocenters. The molecule has 1 spiro atoms. The predicted molar refractivity (Wildman–Crippen MR) is 116 cm³/mol. The summed E-state index contributed by atoms with van der Waals surface area (Å²) in [4.78, 5) is 23.7. The van der Waals surface area contributed by atoms with Crippen LogP contribution in [-0.2, 0) is 4.79 Å². The zero-order valence-corrected chi connectivity index (χ0v) is 16.8. The standard InChI is InChI=1S/C21H23N3OS2/c25-18(22-16-9-4-3-5-10-16)15-27-20-19(17-11-8-14-26-17)23-21(24-20)12-6-1-2-7-13-21/h3-5,8-11,14H,1-2,6-7,12-13,15H2,(H,22,25). The monoisotopic (exact) mass is 397 g/mol. The van der Waals surface area contributed by atoms with Crippen LogP contribution in [0.4, 0.5) is 5.69 Å². The van der Waals surface area contributed by atoms with Crippen molar-refractivity contribution in [1.29, 1.82) is 0 Å². The Labute approximate surface area is 168 Å². The number of benzene rings is 1. The summed E-state index contributed by atoms with van der Waals surface area (Å²) in [5, 5.41) is 5.93. The summed E-state index contributed by atoms with van der Waals surface area (Å²) >= 11 is 3.19. The molecule has 1 N–H and O–H groups in total. The second-order valence-electron chi connectivity index (χ2n) is 6.95. The topological polar surface area (TPSA) is 53.8 Å². The van der Waals surface area contributed by atoms with Crippen molar-refractivity contribution in [3.8, 4) is 0 Å². The fourth-order valence-corrected chi connectivity index (χ4v) is 5.21. The minimum atomic E-state index is -0.298. The average molecular weight is 398 g/mol. The van der Waals surface area contributed by atoms with Crippen molar-refractivity contribution in [2.45, 2.75) is 44.2 Å². The Balaban J connectivity index is 1.49. The van der Waals surface area contributed by atoms with Crippen molar-refractivity contribution in [2.75, 3.05) is 11.1 Å². The second-order valence-corrected chi connectivity index (χ2v) is 8.87. The van der Waals surface area contributed by atoms with E-state index < -0.39 is 0 Å². The summed E-state index contributed by atoms with van der Waals surface area (Å²) in [5.41, 5.74) is 1.50. The quantitative estimate of drug-likeness (QED) is 0.754. The van der Waals surface area contributed by atoms with Gasteiger partial charge in [0.25, 0.3) is 0 Å². The lowest BCUT2D eigenvalue weighted by Crippen LogP contribution is -2.20. The molecule has 1 amide bonds. The van der Waals surface area contributed by atoms with E-state index in [2.05, 4.69) is 16.8 Å². The number of hydrogen-bond donors (Lipinski definition) is 1. The Hall–Kier alpha value is -1.92. The summed E-state index contributed by atoms with van der Waals surface area (Å²) < 4.78 is 0. The molecule has 1 saturated carbocycles. The van der Waals surface area contributed by atoms with E-state index in [0.717, 1.165) is 34.2 Å². The minimum Gasteiger partial charge on any atom is -0.325 e. The van der Waals surface area contributed by atoms with Gasteiger partial charge >= 0.3 is 0 Å². The zero-order valence-electron chi connectivity index (χ0n) is 15.2. The van der Waals surface area contributed by atoms with Crippen LogP contribution in [-0.4, -0.2) is 28.1 Å². The summed E-state index contributed by atoms with van der Waals surface area (Å²) in [6.07, 6.45) is 6.92. The maximum Gasteiger partial charge on any atom is 0.234 e. The van der Waals surface area contributed by atoms with Crippen LogP contribution in [0.5, 0.6) is 0 Å². The van der Waals surface area contributed by atoms with Gasteiger partial charge in [0.2, 0.25) is 5.91 Å². The number of anilines is 1. The number of carbonyl (C=O) groups excluding carboxylic acids is 1. The number of hydrogen-bond acceptors (Lipinski definition) is 5. The van der Waals surface area contributed by atoms with Gasteiger partial charge in [-0.3, -0.25) is 9.79 Å². The third-order valence-electron chi connectivity index (χ3n) is 4.89. The predicted octanol–water partition coefficient (Wildman–Crippen LogP) is 5.37. The highest BCUT2D eigenvalue weighted by Gasteiger charge is 2.37. The fraction of sp³-hybridized carbons (Fsp3) is 0.381. The first kappa shape index (κ1) is 18.4. The third-order valence-corrected chi connectivity index (χ3v) is 6.73. The van der Waals surface area contributed by atoms with E-state index in [1.807, 2.05) is 36.4 Å². The van der Waals surface area contributed by atoms with E-state index in [4.69, 9.17) is 9.98 Å². The maximum absolute atomic E-state index is 12.4. The Bertz CT molecular complexity index is 836. The van der Waals surface area contributed by atoms with Gasteiger partial charge in [-0.25, -0.2) is 4.99 Å². The number of carbonyl (C=O) groups is 1. The number of thiophene rings is 1. The number of thioether (sulfide) groups is 1. The first-order valence-corrected chi connectivity index (χ1v) is 11.3. The Morgan fingerprint density at radius 1 is 1.04 bits per heavy atom. The molecule has 1 aliphatic carbocycles. The van der Waals surface area contributed by atoms with E-state index in [-0.39, 0.29) is 11.6 Å². The van der Waals surface area contributed by atoms with Gasteiger partial charge in [-0.1, -0.05) is 48.9 Å². The largest absolute Gasteiger partial charge is 0.325 e. The number of nitrogens with one attached hydrogen (secondary N) is 1. The van der Waals surface area contributed by atoms with Crippen LogP contribution in [0.2, 0.25) is 0 Å². The first-order chi connectivity index (χ1) is 13.2. The molecular weight excluding hydrogens is 374 g/mol. The van der Waals surface area contributed by atoms with Crippen molar-refractivity contribution in [3.63, 3.8) is 0 Å². The number of nitrogens with zero attached hydrogens (tertiary/aromatic N) is 2. The Morgan fingerprint density at radius 3 is 2.52 bits per heavy atom. The molecule has 0 radical (unpaired) electrons. The number of amides is 1. The molecule has 2 aromatic rings. The van der Waals surface area contributed by atoms with E-state index in [9.17, 15) is 4.79 Å². The zero-order chi connectivity index (χ0) is 18.5. The van der Waals surface area contributed by atoms with Gasteiger partial charge in [0.15, 0.2) is 5.66 Å². The summed E-state index contributed by atoms with van der Waals surface area (Å²) in [6, 6.07) is 13.7. The van der Waals surface area contributed by atoms with Gasteiger partial charge < -0.3 is 5.32 Å². The van der Waals surface area contributed by atoms with Crippen molar-refractivity contribution in [2.24, 2.45) is 9.98 Å². The fourth-order valence-electron chi connectivity index (χ4n) is 3.57. The van der Waals surface area contributed by atoms with Crippen LogP contribution in [0.3, 0.4) is 0 Å². The van der Waals surface area contributed by atoms with Crippen molar-refractivity contribution >= 4 is 45.4 Å². The molecular formula is C21H23N3OS2. The smallest absolute Gasteiger partial charge is 0.234 e. The molecule has 2 heterocycles. The highest BCUT2D eigenvalue weighted by molar-refractivity contribution is 8.16. The van der Waals surface area contributed by atoms with E-state index in [1.165, 1.54) is 37.4 Å². The van der Waals surface area contributed by atoms with Crippen LogP contribution in [0, 0.1) is 0 Å². The Kier molecular flexibility index (Phi) is 5.74. The molecule has 4 nitrogen and oxygen atoms in total. The first-order valence-electron chi connectivity index (χ1n) is 9.46. The SMILES string of the molecule is O=C(CSC1=NC2(CCCCCC2)N=C1c1cccs1)Nc1ccccc1. The highest BCUT2D eigenvalue weighted by atomic mass is 32.2. The molecule has 0 saturated heterocycles. The van der Waals surface area contributed by atoms with E-state index in [0.29, 0.717) is 5.75 Å². The summed E-state index contributed by atoms with van der Waals surface area (Å²) in [7, 11) is 0. The molecule has 27 heavy (non-hydrogen) atoms. The molecule has 2 aliphatic rings. The Morgan fingerprint density at radius 2 is 1.81 bits per heavy atom. The van der Waals surface area contributed by atoms with Gasteiger partial charge in [0.1, 0.15) is 10.8 Å². The van der Waals surface area contributed by atoms with Crippen molar-refractivity contribution < 1.29 is 4.79 Å². The molecule has 4 rings (SSSR count). The second kappa shape index (κ2) is 8.40. The van der Waals surface area contributed by atoms with Crippen LogP contribution in [0.1, 0.15) is 43.4 Å².